The Labute approximate surface area is 140 Å². The maximum absolute atomic E-state index is 5.96. The summed E-state index contributed by atoms with van der Waals surface area (Å²) in [5.74, 6) is 1.08. The van der Waals surface area contributed by atoms with Crippen LogP contribution in [0.2, 0.25) is 5.02 Å². The van der Waals surface area contributed by atoms with E-state index < -0.39 is 0 Å². The van der Waals surface area contributed by atoms with E-state index >= 15 is 0 Å². The van der Waals surface area contributed by atoms with Gasteiger partial charge in [0.1, 0.15) is 5.82 Å². The van der Waals surface area contributed by atoms with Gasteiger partial charge in [0.25, 0.3) is 0 Å². The van der Waals surface area contributed by atoms with E-state index in [-0.39, 0.29) is 5.95 Å². The average molecular weight is 327 g/mol. The Kier molecular flexibility index (Phi) is 4.63. The number of nitrogens with two attached hydrogens (primary N) is 1. The maximum Gasteiger partial charge on any atom is 0.222 e. The van der Waals surface area contributed by atoms with Crippen LogP contribution in [-0.2, 0) is 0 Å². The fourth-order valence-electron chi connectivity index (χ4n) is 2.49. The van der Waals surface area contributed by atoms with Crippen molar-refractivity contribution in [2.24, 2.45) is 0 Å². The molecule has 0 aliphatic heterocycles. The molecular weight excluding hydrogens is 308 g/mol. The number of anilines is 2. The molecule has 0 fully saturated rings. The van der Waals surface area contributed by atoms with E-state index in [0.717, 1.165) is 52.3 Å². The Bertz CT molecular complexity index is 815. The van der Waals surface area contributed by atoms with Gasteiger partial charge < -0.3 is 11.1 Å². The van der Waals surface area contributed by atoms with Crippen molar-refractivity contribution in [3.63, 3.8) is 0 Å². The molecule has 3 rings (SSSR count). The third kappa shape index (κ3) is 3.54. The molecule has 4 nitrogen and oxygen atoms in total. The van der Waals surface area contributed by atoms with Gasteiger partial charge in [-0.3, -0.25) is 0 Å². The number of nitrogen functional groups attached to an aromatic ring is 1. The largest absolute Gasteiger partial charge is 0.369 e. The van der Waals surface area contributed by atoms with Crippen LogP contribution in [0.3, 0.4) is 0 Å². The summed E-state index contributed by atoms with van der Waals surface area (Å²) < 4.78 is 0. The van der Waals surface area contributed by atoms with Crippen molar-refractivity contribution in [1.82, 2.24) is 9.97 Å². The van der Waals surface area contributed by atoms with Crippen molar-refractivity contribution in [2.75, 3.05) is 17.6 Å². The smallest absolute Gasteiger partial charge is 0.222 e. The Morgan fingerprint density at radius 3 is 2.52 bits per heavy atom. The predicted molar refractivity (Wildman–Crippen MR) is 97.8 cm³/mol. The van der Waals surface area contributed by atoms with E-state index in [4.69, 9.17) is 17.3 Å². The van der Waals surface area contributed by atoms with Crippen LogP contribution in [0.4, 0.5) is 11.8 Å². The summed E-state index contributed by atoms with van der Waals surface area (Å²) in [7, 11) is 0. The van der Waals surface area contributed by atoms with E-state index in [0.29, 0.717) is 0 Å². The zero-order valence-electron chi connectivity index (χ0n) is 13.0. The highest BCUT2D eigenvalue weighted by atomic mass is 35.5. The first-order valence-electron chi connectivity index (χ1n) is 7.74. The van der Waals surface area contributed by atoms with Gasteiger partial charge in [0.2, 0.25) is 5.95 Å². The van der Waals surface area contributed by atoms with E-state index in [2.05, 4.69) is 28.3 Å². The number of benzene rings is 2. The summed E-state index contributed by atoms with van der Waals surface area (Å²) in [5.41, 5.74) is 8.86. The number of nitrogens with zero attached hydrogens (tertiary/aromatic N) is 2. The molecule has 2 aromatic carbocycles. The zero-order chi connectivity index (χ0) is 16.2. The van der Waals surface area contributed by atoms with Crippen LogP contribution in [0.1, 0.15) is 19.8 Å². The van der Waals surface area contributed by atoms with Crippen molar-refractivity contribution in [3.8, 4) is 11.1 Å². The van der Waals surface area contributed by atoms with Crippen molar-refractivity contribution < 1.29 is 0 Å². The highest BCUT2D eigenvalue weighted by Crippen LogP contribution is 2.28. The number of hydrogen-bond donors (Lipinski definition) is 2. The summed E-state index contributed by atoms with van der Waals surface area (Å²) in [4.78, 5) is 8.68. The highest BCUT2D eigenvalue weighted by molar-refractivity contribution is 6.30. The molecule has 118 valence electrons. The van der Waals surface area contributed by atoms with Gasteiger partial charge in [0.15, 0.2) is 0 Å². The fourth-order valence-corrected chi connectivity index (χ4v) is 2.61. The Hall–Kier alpha value is -2.33. The molecule has 0 radical (unpaired) electrons. The van der Waals surface area contributed by atoms with Crippen LogP contribution in [0.15, 0.2) is 42.5 Å². The number of nitrogens with one attached hydrogen (secondary N) is 1. The summed E-state index contributed by atoms with van der Waals surface area (Å²) in [6.45, 7) is 3.03. The molecule has 0 unspecified atom stereocenters. The minimum absolute atomic E-state index is 0.288. The normalized spacial score (nSPS) is 10.9. The molecule has 3 aromatic rings. The van der Waals surface area contributed by atoms with Gasteiger partial charge in [-0.1, -0.05) is 43.1 Å². The number of fused-ring (bicyclic) bond motifs is 1. The highest BCUT2D eigenvalue weighted by Gasteiger charge is 2.08. The summed E-state index contributed by atoms with van der Waals surface area (Å²) >= 11 is 5.96. The van der Waals surface area contributed by atoms with Gasteiger partial charge in [-0.15, -0.1) is 0 Å². The Balaban J connectivity index is 2.04. The predicted octanol–water partition coefficient (Wildman–Crippen LogP) is 4.74. The molecule has 0 bridgehead atoms. The summed E-state index contributed by atoms with van der Waals surface area (Å²) in [6, 6.07) is 13.9. The summed E-state index contributed by atoms with van der Waals surface area (Å²) in [6.07, 6.45) is 2.21. The molecule has 1 heterocycles. The SMILES string of the molecule is CCCCNc1nc(N)nc2ccc(-c3ccc(Cl)cc3)cc12. The topological polar surface area (TPSA) is 63.8 Å². The number of aromatic nitrogens is 2. The molecule has 0 atom stereocenters. The second kappa shape index (κ2) is 6.84. The molecular formula is C18H19ClN4. The lowest BCUT2D eigenvalue weighted by atomic mass is 10.0. The number of unbranched alkanes of at least 4 members (excludes halogenated alkanes) is 1. The van der Waals surface area contributed by atoms with E-state index in [1.807, 2.05) is 36.4 Å². The van der Waals surface area contributed by atoms with Gasteiger partial charge in [0.05, 0.1) is 5.52 Å². The van der Waals surface area contributed by atoms with Gasteiger partial charge in [-0.05, 0) is 41.8 Å². The number of hydrogen-bond acceptors (Lipinski definition) is 4. The first-order valence-corrected chi connectivity index (χ1v) is 8.12. The second-order valence-corrected chi connectivity index (χ2v) is 5.89. The lowest BCUT2D eigenvalue weighted by Crippen LogP contribution is -2.06. The van der Waals surface area contributed by atoms with Gasteiger partial charge in [0, 0.05) is 17.0 Å². The van der Waals surface area contributed by atoms with Crippen molar-refractivity contribution in [2.45, 2.75) is 19.8 Å². The van der Waals surface area contributed by atoms with Crippen LogP contribution in [0, 0.1) is 0 Å². The molecule has 0 aliphatic rings. The third-order valence-corrected chi connectivity index (χ3v) is 3.97. The molecule has 1 aromatic heterocycles. The second-order valence-electron chi connectivity index (χ2n) is 5.45. The molecule has 0 amide bonds. The summed E-state index contributed by atoms with van der Waals surface area (Å²) in [5, 5.41) is 5.07. The third-order valence-electron chi connectivity index (χ3n) is 3.71. The molecule has 0 saturated carbocycles. The quantitative estimate of drug-likeness (QED) is 0.664. The van der Waals surface area contributed by atoms with Gasteiger partial charge in [-0.25, -0.2) is 4.98 Å². The standard InChI is InChI=1S/C18H19ClN4/c1-2-3-10-21-17-15-11-13(12-4-7-14(19)8-5-12)6-9-16(15)22-18(20)23-17/h4-9,11H,2-3,10H2,1H3,(H3,20,21,22,23). The van der Waals surface area contributed by atoms with Crippen molar-refractivity contribution in [3.05, 3.63) is 47.5 Å². The van der Waals surface area contributed by atoms with E-state index in [9.17, 15) is 0 Å². The van der Waals surface area contributed by atoms with Crippen molar-refractivity contribution >= 4 is 34.3 Å². The molecule has 3 N–H and O–H groups in total. The van der Waals surface area contributed by atoms with Crippen LogP contribution < -0.4 is 11.1 Å². The van der Waals surface area contributed by atoms with Crippen LogP contribution in [0.5, 0.6) is 0 Å². The first kappa shape index (κ1) is 15.6. The average Bonchev–Trinajstić information content (AvgIpc) is 2.55. The van der Waals surface area contributed by atoms with Gasteiger partial charge in [-0.2, -0.15) is 4.98 Å². The zero-order valence-corrected chi connectivity index (χ0v) is 13.8. The van der Waals surface area contributed by atoms with E-state index in [1.54, 1.807) is 0 Å². The minimum atomic E-state index is 0.288. The molecule has 23 heavy (non-hydrogen) atoms. The first-order chi connectivity index (χ1) is 11.2. The van der Waals surface area contributed by atoms with Crippen molar-refractivity contribution in [1.29, 1.82) is 0 Å². The molecule has 0 spiro atoms. The fraction of sp³-hybridized carbons (Fsp3) is 0.222. The molecule has 5 heteroatoms. The number of halogens is 1. The number of rotatable bonds is 5. The minimum Gasteiger partial charge on any atom is -0.369 e. The van der Waals surface area contributed by atoms with E-state index in [1.165, 1.54) is 0 Å². The maximum atomic E-state index is 5.96. The monoisotopic (exact) mass is 326 g/mol. The Morgan fingerprint density at radius 1 is 1.04 bits per heavy atom. The molecule has 0 aliphatic carbocycles. The van der Waals surface area contributed by atoms with Crippen LogP contribution in [-0.4, -0.2) is 16.5 Å². The van der Waals surface area contributed by atoms with Crippen LogP contribution >= 0.6 is 11.6 Å². The lowest BCUT2D eigenvalue weighted by Gasteiger charge is -2.10. The lowest BCUT2D eigenvalue weighted by molar-refractivity contribution is 0.832. The van der Waals surface area contributed by atoms with Crippen LogP contribution in [0.25, 0.3) is 22.0 Å². The Morgan fingerprint density at radius 2 is 1.78 bits per heavy atom. The van der Waals surface area contributed by atoms with Gasteiger partial charge >= 0.3 is 0 Å². The molecule has 0 saturated heterocycles.